The number of amides is 2. The number of carbonyl (C=O) groups is 2. The van der Waals surface area contributed by atoms with Gasteiger partial charge in [0.25, 0.3) is 5.91 Å². The van der Waals surface area contributed by atoms with Gasteiger partial charge in [-0.1, -0.05) is 13.3 Å². The Bertz CT molecular complexity index is 804. The summed E-state index contributed by atoms with van der Waals surface area (Å²) in [5, 5.41) is 0. The molecule has 3 heterocycles. The number of fused-ring (bicyclic) bond motifs is 1. The highest BCUT2D eigenvalue weighted by Gasteiger charge is 2.53. The van der Waals surface area contributed by atoms with Crippen LogP contribution in [0.3, 0.4) is 0 Å². The van der Waals surface area contributed by atoms with E-state index in [9.17, 15) is 18.0 Å². The van der Waals surface area contributed by atoms with E-state index in [0.717, 1.165) is 17.0 Å². The number of hydrogen-bond donors (Lipinski definition) is 0. The summed E-state index contributed by atoms with van der Waals surface area (Å²) in [5.74, 6) is -1.22. The van der Waals surface area contributed by atoms with Crippen LogP contribution in [-0.2, 0) is 14.8 Å². The summed E-state index contributed by atoms with van der Waals surface area (Å²) in [7, 11) is -3.71. The summed E-state index contributed by atoms with van der Waals surface area (Å²) in [6.07, 6.45) is 6.99. The van der Waals surface area contributed by atoms with Gasteiger partial charge in [0.2, 0.25) is 15.9 Å². The Morgan fingerprint density at radius 3 is 2.75 bits per heavy atom. The second-order valence-electron chi connectivity index (χ2n) is 6.03. The van der Waals surface area contributed by atoms with Gasteiger partial charge in [-0.15, -0.1) is 0 Å². The molecule has 0 spiro atoms. The number of pyridine rings is 1. The Morgan fingerprint density at radius 2 is 2.17 bits per heavy atom. The smallest absolute Gasteiger partial charge is 0.256 e. The Balaban J connectivity index is 1.98. The molecule has 0 radical (unpaired) electrons. The average Bonchev–Trinajstić information content (AvgIpc) is 3.06. The van der Waals surface area contributed by atoms with Crippen LogP contribution < -0.4 is 0 Å². The highest BCUT2D eigenvalue weighted by Crippen LogP contribution is 2.40. The zero-order chi connectivity index (χ0) is 17.5. The molecule has 2 aliphatic rings. The monoisotopic (exact) mass is 349 g/mol. The van der Waals surface area contributed by atoms with Crippen LogP contribution in [0.15, 0.2) is 36.3 Å². The van der Waals surface area contributed by atoms with E-state index in [0.29, 0.717) is 17.7 Å². The van der Waals surface area contributed by atoms with Gasteiger partial charge in [-0.25, -0.2) is 12.7 Å². The fourth-order valence-electron chi connectivity index (χ4n) is 3.44. The van der Waals surface area contributed by atoms with E-state index >= 15 is 0 Å². The Kier molecular flexibility index (Phi) is 4.16. The third kappa shape index (κ3) is 2.60. The number of aromatic nitrogens is 1. The minimum absolute atomic E-state index is 0.247. The summed E-state index contributed by atoms with van der Waals surface area (Å²) in [4.78, 5) is 30.9. The minimum atomic E-state index is -3.71. The van der Waals surface area contributed by atoms with E-state index in [1.54, 1.807) is 29.3 Å². The van der Waals surface area contributed by atoms with Gasteiger partial charge in [0.05, 0.1) is 29.5 Å². The van der Waals surface area contributed by atoms with E-state index in [1.165, 1.54) is 6.20 Å². The largest absolute Gasteiger partial charge is 0.325 e. The molecule has 2 atom stereocenters. The Labute approximate surface area is 141 Å². The second kappa shape index (κ2) is 6.01. The third-order valence-corrected chi connectivity index (χ3v) is 5.42. The van der Waals surface area contributed by atoms with Gasteiger partial charge >= 0.3 is 0 Å². The number of carbonyl (C=O) groups excluding carboxylic acids is 2. The van der Waals surface area contributed by atoms with Crippen molar-refractivity contribution in [1.29, 1.82) is 0 Å². The highest BCUT2D eigenvalue weighted by molar-refractivity contribution is 7.89. The van der Waals surface area contributed by atoms with Gasteiger partial charge in [-0.2, -0.15) is 0 Å². The summed E-state index contributed by atoms with van der Waals surface area (Å²) in [5.41, 5.74) is 0.825. The predicted octanol–water partition coefficient (Wildman–Crippen LogP) is 1.01. The molecule has 1 saturated heterocycles. The molecule has 8 heteroatoms. The fourth-order valence-corrected chi connectivity index (χ4v) is 4.46. The van der Waals surface area contributed by atoms with Crippen LogP contribution in [0.1, 0.15) is 30.1 Å². The maximum atomic E-state index is 12.8. The van der Waals surface area contributed by atoms with Gasteiger partial charge in [0, 0.05) is 18.9 Å². The maximum Gasteiger partial charge on any atom is 0.256 e. The normalized spacial score (nSPS) is 23.4. The lowest BCUT2D eigenvalue weighted by atomic mass is 9.96. The maximum absolute atomic E-state index is 12.8. The molecular formula is C16H19N3O4S. The van der Waals surface area contributed by atoms with Crippen LogP contribution in [-0.4, -0.2) is 53.3 Å². The first-order valence-corrected chi connectivity index (χ1v) is 9.66. The lowest BCUT2D eigenvalue weighted by Gasteiger charge is -2.26. The molecule has 0 N–H and O–H groups in total. The van der Waals surface area contributed by atoms with Gasteiger partial charge < -0.3 is 4.90 Å². The summed E-state index contributed by atoms with van der Waals surface area (Å²) in [6, 6.07) is 2.80. The lowest BCUT2D eigenvalue weighted by molar-refractivity contribution is -0.127. The van der Waals surface area contributed by atoms with Crippen molar-refractivity contribution in [2.24, 2.45) is 5.92 Å². The first-order valence-electron chi connectivity index (χ1n) is 7.81. The van der Waals surface area contributed by atoms with E-state index < -0.39 is 27.9 Å². The fraction of sp³-hybridized carbons (Fsp3) is 0.438. The van der Waals surface area contributed by atoms with Crippen molar-refractivity contribution >= 4 is 21.8 Å². The predicted molar refractivity (Wildman–Crippen MR) is 87.2 cm³/mol. The second-order valence-corrected chi connectivity index (χ2v) is 7.87. The molecule has 1 aromatic heterocycles. The van der Waals surface area contributed by atoms with Crippen LogP contribution in [0.25, 0.3) is 0 Å². The van der Waals surface area contributed by atoms with Crippen LogP contribution in [0.4, 0.5) is 0 Å². The summed E-state index contributed by atoms with van der Waals surface area (Å²) >= 11 is 0. The molecular weight excluding hydrogens is 330 g/mol. The minimum Gasteiger partial charge on any atom is -0.325 e. The van der Waals surface area contributed by atoms with Gasteiger partial charge in [0.1, 0.15) is 0 Å². The number of rotatable bonds is 4. The van der Waals surface area contributed by atoms with Crippen LogP contribution in [0.2, 0.25) is 0 Å². The molecule has 1 fully saturated rings. The lowest BCUT2D eigenvalue weighted by Crippen LogP contribution is -2.41. The zero-order valence-corrected chi connectivity index (χ0v) is 14.4. The van der Waals surface area contributed by atoms with Gasteiger partial charge in [-0.05, 0) is 24.6 Å². The molecule has 0 aliphatic carbocycles. The Morgan fingerprint density at radius 1 is 1.42 bits per heavy atom. The molecule has 0 aromatic carbocycles. The van der Waals surface area contributed by atoms with E-state index in [4.69, 9.17) is 0 Å². The van der Waals surface area contributed by atoms with Crippen molar-refractivity contribution < 1.29 is 18.0 Å². The SMILES string of the molecule is CCC[C@H]1C(=O)N(S(C)(=O)=O)C2=CCN(C(=O)c3cccnc3)[C@@H]21. The van der Waals surface area contributed by atoms with Crippen molar-refractivity contribution in [3.63, 3.8) is 0 Å². The first kappa shape index (κ1) is 16.6. The quantitative estimate of drug-likeness (QED) is 0.809. The zero-order valence-electron chi connectivity index (χ0n) is 13.5. The molecule has 7 nitrogen and oxygen atoms in total. The van der Waals surface area contributed by atoms with E-state index in [-0.39, 0.29) is 12.5 Å². The molecule has 2 aliphatic heterocycles. The molecule has 0 saturated carbocycles. The average molecular weight is 349 g/mol. The molecule has 24 heavy (non-hydrogen) atoms. The molecule has 0 unspecified atom stereocenters. The Hall–Kier alpha value is -2.22. The van der Waals surface area contributed by atoms with Crippen LogP contribution >= 0.6 is 0 Å². The van der Waals surface area contributed by atoms with Crippen molar-refractivity contribution in [1.82, 2.24) is 14.2 Å². The van der Waals surface area contributed by atoms with E-state index in [2.05, 4.69) is 4.98 Å². The third-order valence-electron chi connectivity index (χ3n) is 4.37. The molecule has 2 amide bonds. The first-order chi connectivity index (χ1) is 11.4. The number of sulfonamides is 1. The molecule has 1 aromatic rings. The van der Waals surface area contributed by atoms with Crippen molar-refractivity contribution in [3.05, 3.63) is 41.9 Å². The van der Waals surface area contributed by atoms with Crippen LogP contribution in [0.5, 0.6) is 0 Å². The molecule has 3 rings (SSSR count). The highest BCUT2D eigenvalue weighted by atomic mass is 32.2. The van der Waals surface area contributed by atoms with Crippen molar-refractivity contribution in [2.75, 3.05) is 12.8 Å². The molecule has 128 valence electrons. The number of hydrogen-bond acceptors (Lipinski definition) is 5. The standard InChI is InChI=1S/C16H19N3O4S/c1-3-5-12-14-13(19(16(12)21)24(2,22)23)7-9-18(14)15(20)11-6-4-8-17-10-11/h4,6-8,10,12,14H,3,5,9H2,1-2H3/t12-,14-/m1/s1. The van der Waals surface area contributed by atoms with Crippen molar-refractivity contribution in [3.8, 4) is 0 Å². The van der Waals surface area contributed by atoms with Crippen molar-refractivity contribution in [2.45, 2.75) is 25.8 Å². The summed E-state index contributed by atoms with van der Waals surface area (Å²) < 4.78 is 24.9. The summed E-state index contributed by atoms with van der Waals surface area (Å²) in [6.45, 7) is 2.22. The topological polar surface area (TPSA) is 87.7 Å². The van der Waals surface area contributed by atoms with Gasteiger partial charge in [0.15, 0.2) is 0 Å². The molecule has 0 bridgehead atoms. The van der Waals surface area contributed by atoms with Crippen LogP contribution in [0, 0.1) is 5.92 Å². The van der Waals surface area contributed by atoms with E-state index in [1.807, 2.05) is 6.92 Å². The number of nitrogens with zero attached hydrogens (tertiary/aromatic N) is 3. The van der Waals surface area contributed by atoms with Gasteiger partial charge in [-0.3, -0.25) is 14.6 Å².